The normalized spacial score (nSPS) is 12.3. The van der Waals surface area contributed by atoms with Gasteiger partial charge in [0.25, 0.3) is 5.91 Å². The first kappa shape index (κ1) is 13.9. The highest BCUT2D eigenvalue weighted by atomic mass is 79.9. The topological polar surface area (TPSA) is 54.9 Å². The Morgan fingerprint density at radius 2 is 2.16 bits per heavy atom. The van der Waals surface area contributed by atoms with Crippen molar-refractivity contribution in [2.24, 2.45) is 0 Å². The number of benzene rings is 1. The second-order valence-electron chi connectivity index (χ2n) is 4.41. The number of hydrogen-bond donors (Lipinski definition) is 1. The average Bonchev–Trinajstić information content (AvgIpc) is 2.42. The van der Waals surface area contributed by atoms with Gasteiger partial charge in [0.15, 0.2) is 0 Å². The largest absolute Gasteiger partial charge is 0.352 e. The van der Waals surface area contributed by atoms with E-state index < -0.39 is 0 Å². The van der Waals surface area contributed by atoms with Gasteiger partial charge in [-0.2, -0.15) is 0 Å². The maximum Gasteiger partial charge on any atom is 0.253 e. The van der Waals surface area contributed by atoms with E-state index in [-0.39, 0.29) is 5.91 Å². The summed E-state index contributed by atoms with van der Waals surface area (Å²) in [5.74, 6) is -0.0895. The van der Waals surface area contributed by atoms with E-state index in [1.807, 2.05) is 12.1 Å². The van der Waals surface area contributed by atoms with Gasteiger partial charge in [0.05, 0.1) is 11.1 Å². The first-order chi connectivity index (χ1) is 9.18. The zero-order chi connectivity index (χ0) is 13.7. The highest BCUT2D eigenvalue weighted by Gasteiger charge is 2.10. The summed E-state index contributed by atoms with van der Waals surface area (Å²) < 4.78 is 0. The van der Waals surface area contributed by atoms with Crippen LogP contribution in [-0.2, 0) is 0 Å². The van der Waals surface area contributed by atoms with Gasteiger partial charge in [-0.05, 0) is 25.0 Å². The number of nitrogens with zero attached hydrogens (tertiary/aromatic N) is 2. The fourth-order valence-electron chi connectivity index (χ4n) is 1.86. The number of carbonyl (C=O) groups excluding carboxylic acids is 1. The third kappa shape index (κ3) is 3.73. The fraction of sp³-hybridized carbons (Fsp3) is 0.357. The SMILES string of the molecule is CC(Br)CCCNC(=O)c1cccc2nccnc12. The summed E-state index contributed by atoms with van der Waals surface area (Å²) in [6, 6.07) is 5.46. The molecule has 2 rings (SSSR count). The van der Waals surface area contributed by atoms with E-state index in [0.29, 0.717) is 22.5 Å². The summed E-state index contributed by atoms with van der Waals surface area (Å²) in [6.45, 7) is 2.77. The van der Waals surface area contributed by atoms with Crippen LogP contribution in [0, 0.1) is 0 Å². The molecule has 1 amide bonds. The van der Waals surface area contributed by atoms with Gasteiger partial charge in [-0.15, -0.1) is 0 Å². The average molecular weight is 322 g/mol. The van der Waals surface area contributed by atoms with Gasteiger partial charge in [0, 0.05) is 23.8 Å². The van der Waals surface area contributed by atoms with Crippen molar-refractivity contribution >= 4 is 32.9 Å². The molecule has 5 heteroatoms. The maximum atomic E-state index is 12.1. The Kier molecular flexibility index (Phi) is 4.85. The summed E-state index contributed by atoms with van der Waals surface area (Å²) in [5, 5.41) is 2.92. The minimum atomic E-state index is -0.0895. The molecular weight excluding hydrogens is 306 g/mol. The van der Waals surface area contributed by atoms with Crippen LogP contribution in [0.25, 0.3) is 11.0 Å². The Labute approximate surface area is 120 Å². The number of amides is 1. The van der Waals surface area contributed by atoms with Gasteiger partial charge in [-0.25, -0.2) is 0 Å². The lowest BCUT2D eigenvalue weighted by Crippen LogP contribution is -2.25. The summed E-state index contributed by atoms with van der Waals surface area (Å²) in [7, 11) is 0. The van der Waals surface area contributed by atoms with Crippen LogP contribution in [0.4, 0.5) is 0 Å². The van der Waals surface area contributed by atoms with Gasteiger partial charge < -0.3 is 5.32 Å². The predicted octanol–water partition coefficient (Wildman–Crippen LogP) is 2.92. The van der Waals surface area contributed by atoms with Crippen molar-refractivity contribution in [2.75, 3.05) is 6.54 Å². The molecule has 1 unspecified atom stereocenters. The van der Waals surface area contributed by atoms with Crippen molar-refractivity contribution in [3.8, 4) is 0 Å². The van der Waals surface area contributed by atoms with E-state index in [2.05, 4.69) is 38.1 Å². The Balaban J connectivity index is 2.05. The van der Waals surface area contributed by atoms with Crippen LogP contribution in [0.2, 0.25) is 0 Å². The molecule has 1 heterocycles. The second kappa shape index (κ2) is 6.61. The quantitative estimate of drug-likeness (QED) is 0.680. The van der Waals surface area contributed by atoms with Gasteiger partial charge in [0.2, 0.25) is 0 Å². The molecule has 0 spiro atoms. The predicted molar refractivity (Wildman–Crippen MR) is 79.5 cm³/mol. The van der Waals surface area contributed by atoms with E-state index in [4.69, 9.17) is 0 Å². The van der Waals surface area contributed by atoms with Crippen LogP contribution in [0.1, 0.15) is 30.1 Å². The summed E-state index contributed by atoms with van der Waals surface area (Å²) >= 11 is 3.49. The molecule has 1 atom stereocenters. The first-order valence-corrected chi connectivity index (χ1v) is 7.22. The number of carbonyl (C=O) groups is 1. The summed E-state index contributed by atoms with van der Waals surface area (Å²) in [4.78, 5) is 21.0. The maximum absolute atomic E-state index is 12.1. The Hall–Kier alpha value is -1.49. The number of aromatic nitrogens is 2. The standard InChI is InChI=1S/C14H16BrN3O/c1-10(15)4-3-7-18-14(19)11-5-2-6-12-13(11)17-9-8-16-12/h2,5-6,8-10H,3-4,7H2,1H3,(H,18,19). The zero-order valence-corrected chi connectivity index (χ0v) is 12.4. The monoisotopic (exact) mass is 321 g/mol. The Morgan fingerprint density at radius 1 is 1.37 bits per heavy atom. The molecule has 1 aromatic carbocycles. The molecule has 100 valence electrons. The minimum absolute atomic E-state index is 0.0895. The zero-order valence-electron chi connectivity index (χ0n) is 10.8. The molecular formula is C14H16BrN3O. The number of para-hydroxylation sites is 1. The van der Waals surface area contributed by atoms with Crippen LogP contribution >= 0.6 is 15.9 Å². The number of fused-ring (bicyclic) bond motifs is 1. The molecule has 19 heavy (non-hydrogen) atoms. The molecule has 0 fully saturated rings. The second-order valence-corrected chi connectivity index (χ2v) is 5.97. The van der Waals surface area contributed by atoms with Crippen LogP contribution in [0.3, 0.4) is 0 Å². The Morgan fingerprint density at radius 3 is 2.95 bits per heavy atom. The highest BCUT2D eigenvalue weighted by molar-refractivity contribution is 9.09. The van der Waals surface area contributed by atoms with Gasteiger partial charge in [0.1, 0.15) is 5.52 Å². The van der Waals surface area contributed by atoms with Crippen LogP contribution in [0.15, 0.2) is 30.6 Å². The minimum Gasteiger partial charge on any atom is -0.352 e. The molecule has 4 nitrogen and oxygen atoms in total. The molecule has 0 saturated carbocycles. The van der Waals surface area contributed by atoms with Gasteiger partial charge >= 0.3 is 0 Å². The third-order valence-corrected chi connectivity index (χ3v) is 3.27. The molecule has 1 N–H and O–H groups in total. The van der Waals surface area contributed by atoms with E-state index in [9.17, 15) is 4.79 Å². The van der Waals surface area contributed by atoms with Crippen molar-refractivity contribution in [3.05, 3.63) is 36.2 Å². The van der Waals surface area contributed by atoms with Crippen LogP contribution in [-0.4, -0.2) is 27.2 Å². The van der Waals surface area contributed by atoms with Crippen molar-refractivity contribution < 1.29 is 4.79 Å². The summed E-state index contributed by atoms with van der Waals surface area (Å²) in [5.41, 5.74) is 1.97. The number of rotatable bonds is 5. The first-order valence-electron chi connectivity index (χ1n) is 6.30. The van der Waals surface area contributed by atoms with Crippen molar-refractivity contribution in [1.82, 2.24) is 15.3 Å². The third-order valence-electron chi connectivity index (χ3n) is 2.81. The molecule has 0 saturated heterocycles. The lowest BCUT2D eigenvalue weighted by atomic mass is 10.1. The van der Waals surface area contributed by atoms with Crippen molar-refractivity contribution in [1.29, 1.82) is 0 Å². The van der Waals surface area contributed by atoms with E-state index in [1.165, 1.54) is 0 Å². The van der Waals surface area contributed by atoms with Crippen molar-refractivity contribution in [3.63, 3.8) is 0 Å². The molecule has 0 radical (unpaired) electrons. The van der Waals surface area contributed by atoms with Crippen LogP contribution in [0.5, 0.6) is 0 Å². The van der Waals surface area contributed by atoms with E-state index in [0.717, 1.165) is 18.4 Å². The molecule has 0 aliphatic rings. The Bertz CT molecular complexity index is 566. The van der Waals surface area contributed by atoms with Gasteiger partial charge in [-0.3, -0.25) is 14.8 Å². The highest BCUT2D eigenvalue weighted by Crippen LogP contribution is 2.13. The van der Waals surface area contributed by atoms with E-state index >= 15 is 0 Å². The number of alkyl halides is 1. The molecule has 1 aromatic heterocycles. The number of hydrogen-bond acceptors (Lipinski definition) is 3. The lowest BCUT2D eigenvalue weighted by molar-refractivity contribution is 0.0954. The molecule has 2 aromatic rings. The fourth-order valence-corrected chi connectivity index (χ4v) is 2.18. The summed E-state index contributed by atoms with van der Waals surface area (Å²) in [6.07, 6.45) is 5.22. The number of halogens is 1. The van der Waals surface area contributed by atoms with E-state index in [1.54, 1.807) is 18.5 Å². The molecule has 0 bridgehead atoms. The number of nitrogens with one attached hydrogen (secondary N) is 1. The smallest absolute Gasteiger partial charge is 0.253 e. The lowest BCUT2D eigenvalue weighted by Gasteiger charge is -2.07. The molecule has 0 aliphatic carbocycles. The van der Waals surface area contributed by atoms with Crippen molar-refractivity contribution in [2.45, 2.75) is 24.6 Å². The van der Waals surface area contributed by atoms with Crippen LogP contribution < -0.4 is 5.32 Å². The molecule has 0 aliphatic heterocycles. The van der Waals surface area contributed by atoms with Gasteiger partial charge in [-0.1, -0.05) is 28.9 Å².